The van der Waals surface area contributed by atoms with Crippen LogP contribution in [-0.4, -0.2) is 58.6 Å². The topological polar surface area (TPSA) is 83.4 Å². The maximum absolute atomic E-state index is 13.8. The molecule has 1 fully saturated rings. The van der Waals surface area contributed by atoms with Crippen molar-refractivity contribution in [3.05, 3.63) is 52.1 Å². The number of fused-ring (bicyclic) bond motifs is 1. The number of nitrogens with one attached hydrogen (secondary N) is 1. The lowest BCUT2D eigenvalue weighted by molar-refractivity contribution is -0.148. The molecule has 1 aromatic carbocycles. The van der Waals surface area contributed by atoms with Crippen LogP contribution < -0.4 is 15.8 Å². The van der Waals surface area contributed by atoms with Crippen LogP contribution in [0.2, 0.25) is 0 Å². The number of amides is 1. The number of carbonyl (C=O) groups excluding carboxylic acids is 1. The number of hydrogen-bond donors (Lipinski definition) is 1. The highest BCUT2D eigenvalue weighted by atomic mass is 32.1. The van der Waals surface area contributed by atoms with Crippen molar-refractivity contribution in [2.45, 2.75) is 44.6 Å². The van der Waals surface area contributed by atoms with E-state index < -0.39 is 29.6 Å². The number of likely N-dealkylation sites (N-methyl/N-ethyl adjacent to an activating group) is 1. The van der Waals surface area contributed by atoms with Gasteiger partial charge in [0, 0.05) is 25.7 Å². The van der Waals surface area contributed by atoms with E-state index in [0.29, 0.717) is 29.2 Å². The first-order chi connectivity index (χ1) is 16.6. The van der Waals surface area contributed by atoms with Gasteiger partial charge in [-0.2, -0.15) is 13.2 Å². The summed E-state index contributed by atoms with van der Waals surface area (Å²) in [5, 5.41) is 3.25. The van der Waals surface area contributed by atoms with Gasteiger partial charge in [-0.15, -0.1) is 0 Å². The predicted octanol–water partition coefficient (Wildman–Crippen LogP) is 3.28. The molecule has 1 aliphatic rings. The largest absolute Gasteiger partial charge is 0.449 e. The predicted molar refractivity (Wildman–Crippen MR) is 129 cm³/mol. The van der Waals surface area contributed by atoms with E-state index in [1.54, 1.807) is 30.8 Å². The van der Waals surface area contributed by atoms with Crippen molar-refractivity contribution in [3.8, 4) is 0 Å². The molecule has 2 aromatic heterocycles. The monoisotopic (exact) mass is 508 g/mol. The molecule has 1 N–H and O–H groups in total. The quantitative estimate of drug-likeness (QED) is 0.528. The Morgan fingerprint density at radius 2 is 1.97 bits per heavy atom. The Balaban J connectivity index is 1.66. The number of alkyl halides is 3. The van der Waals surface area contributed by atoms with E-state index in [0.717, 1.165) is 23.3 Å². The van der Waals surface area contributed by atoms with Crippen molar-refractivity contribution < 1.29 is 18.0 Å². The maximum Gasteiger partial charge on any atom is 0.449 e. The highest BCUT2D eigenvalue weighted by molar-refractivity contribution is 7.21. The number of anilines is 1. The molecular formula is C23H27F3N6O2S. The zero-order valence-corrected chi connectivity index (χ0v) is 20.5. The Morgan fingerprint density at radius 3 is 2.63 bits per heavy atom. The standard InChI is InChI=1S/C23H27F3N6O2S/c1-14(13-30(2)3)32-20(34)17-19(29-21(32)23(24,25)26)35-22(28-17)31-11-7-10-16(31)18(33)27-12-15-8-5-4-6-9-15/h4-6,8-9,14,16H,7,10-13H2,1-3H3,(H,27,33)/t14-,16-/m1/s1. The van der Waals surface area contributed by atoms with Crippen molar-refractivity contribution >= 4 is 32.7 Å². The first kappa shape index (κ1) is 25.1. The Morgan fingerprint density at radius 1 is 1.26 bits per heavy atom. The van der Waals surface area contributed by atoms with Crippen LogP contribution in [0.1, 0.15) is 37.2 Å². The van der Waals surface area contributed by atoms with Gasteiger partial charge < -0.3 is 15.1 Å². The summed E-state index contributed by atoms with van der Waals surface area (Å²) in [7, 11) is 3.44. The molecule has 35 heavy (non-hydrogen) atoms. The summed E-state index contributed by atoms with van der Waals surface area (Å²) in [6.07, 6.45) is -3.49. The lowest BCUT2D eigenvalue weighted by Crippen LogP contribution is -2.43. The van der Waals surface area contributed by atoms with E-state index in [1.807, 2.05) is 30.3 Å². The second-order valence-electron chi connectivity index (χ2n) is 8.92. The molecule has 12 heteroatoms. The van der Waals surface area contributed by atoms with Crippen molar-refractivity contribution in [1.82, 2.24) is 24.8 Å². The van der Waals surface area contributed by atoms with E-state index in [9.17, 15) is 22.8 Å². The summed E-state index contributed by atoms with van der Waals surface area (Å²) in [6, 6.07) is 8.21. The van der Waals surface area contributed by atoms with Gasteiger partial charge in [0.15, 0.2) is 15.5 Å². The number of aromatic nitrogens is 3. The number of carbonyl (C=O) groups is 1. The molecule has 1 aliphatic heterocycles. The van der Waals surface area contributed by atoms with Gasteiger partial charge in [-0.25, -0.2) is 9.97 Å². The average Bonchev–Trinajstić information content (AvgIpc) is 3.44. The van der Waals surface area contributed by atoms with Crippen LogP contribution in [0.15, 0.2) is 35.1 Å². The normalized spacial score (nSPS) is 17.3. The third-order valence-electron chi connectivity index (χ3n) is 5.89. The summed E-state index contributed by atoms with van der Waals surface area (Å²) in [4.78, 5) is 37.7. The summed E-state index contributed by atoms with van der Waals surface area (Å²) < 4.78 is 42.2. The minimum absolute atomic E-state index is 0.0824. The fraction of sp³-hybridized carbons (Fsp3) is 0.478. The number of halogens is 3. The van der Waals surface area contributed by atoms with Crippen LogP contribution >= 0.6 is 11.3 Å². The SMILES string of the molecule is C[C@H](CN(C)C)n1c(C(F)(F)F)nc2sc(N3CCC[C@@H]3C(=O)NCc3ccccc3)nc2c1=O. The minimum atomic E-state index is -4.80. The van der Waals surface area contributed by atoms with E-state index >= 15 is 0 Å². The molecule has 2 atom stereocenters. The summed E-state index contributed by atoms with van der Waals surface area (Å²) in [5.74, 6) is -1.43. The van der Waals surface area contributed by atoms with Crippen molar-refractivity contribution in [2.75, 3.05) is 32.1 Å². The van der Waals surface area contributed by atoms with E-state index in [1.165, 1.54) is 0 Å². The highest BCUT2D eigenvalue weighted by Crippen LogP contribution is 2.35. The zero-order valence-electron chi connectivity index (χ0n) is 19.7. The van der Waals surface area contributed by atoms with Crippen LogP contribution in [0.3, 0.4) is 0 Å². The third-order valence-corrected chi connectivity index (χ3v) is 6.88. The molecule has 3 aromatic rings. The molecule has 1 amide bonds. The number of benzene rings is 1. The molecule has 0 spiro atoms. The summed E-state index contributed by atoms with van der Waals surface area (Å²) in [5.41, 5.74) is 0.0176. The maximum atomic E-state index is 13.8. The van der Waals surface area contributed by atoms with Gasteiger partial charge in [0.05, 0.1) is 0 Å². The van der Waals surface area contributed by atoms with Gasteiger partial charge in [0.25, 0.3) is 5.56 Å². The van der Waals surface area contributed by atoms with Gasteiger partial charge in [0.2, 0.25) is 11.7 Å². The van der Waals surface area contributed by atoms with Gasteiger partial charge >= 0.3 is 6.18 Å². The Kier molecular flexibility index (Phi) is 7.13. The lowest BCUT2D eigenvalue weighted by Gasteiger charge is -2.23. The fourth-order valence-corrected chi connectivity index (χ4v) is 5.40. The van der Waals surface area contributed by atoms with Crippen molar-refractivity contribution in [3.63, 3.8) is 0 Å². The molecule has 0 bridgehead atoms. The molecule has 0 unspecified atom stereocenters. The minimum Gasteiger partial charge on any atom is -0.350 e. The molecule has 4 rings (SSSR count). The van der Waals surface area contributed by atoms with Crippen LogP contribution in [0.25, 0.3) is 10.3 Å². The fourth-order valence-electron chi connectivity index (χ4n) is 4.39. The van der Waals surface area contributed by atoms with Crippen molar-refractivity contribution in [2.24, 2.45) is 0 Å². The molecule has 188 valence electrons. The van der Waals surface area contributed by atoms with Gasteiger partial charge in [-0.1, -0.05) is 41.7 Å². The van der Waals surface area contributed by atoms with E-state index in [4.69, 9.17) is 0 Å². The molecular weight excluding hydrogens is 481 g/mol. The highest BCUT2D eigenvalue weighted by Gasteiger charge is 2.40. The van der Waals surface area contributed by atoms with Gasteiger partial charge in [-0.3, -0.25) is 14.2 Å². The Bertz CT molecular complexity index is 1260. The molecule has 0 aliphatic carbocycles. The van der Waals surface area contributed by atoms with Crippen LogP contribution in [0.4, 0.5) is 18.3 Å². The van der Waals surface area contributed by atoms with E-state index in [-0.39, 0.29) is 22.8 Å². The molecule has 0 saturated carbocycles. The number of nitrogens with zero attached hydrogens (tertiary/aromatic N) is 5. The van der Waals surface area contributed by atoms with Crippen LogP contribution in [0, 0.1) is 0 Å². The zero-order chi connectivity index (χ0) is 25.3. The van der Waals surface area contributed by atoms with Gasteiger partial charge in [0.1, 0.15) is 6.04 Å². The molecule has 1 saturated heterocycles. The average molecular weight is 509 g/mol. The molecule has 0 radical (unpaired) electrons. The van der Waals surface area contributed by atoms with Crippen molar-refractivity contribution in [1.29, 1.82) is 0 Å². The smallest absolute Gasteiger partial charge is 0.350 e. The third kappa shape index (κ3) is 5.32. The molecule has 3 heterocycles. The van der Waals surface area contributed by atoms with Gasteiger partial charge in [-0.05, 0) is 39.4 Å². The first-order valence-electron chi connectivity index (χ1n) is 11.3. The second kappa shape index (κ2) is 9.94. The lowest BCUT2D eigenvalue weighted by atomic mass is 10.2. The summed E-state index contributed by atoms with van der Waals surface area (Å²) >= 11 is 0.909. The second-order valence-corrected chi connectivity index (χ2v) is 9.88. The number of hydrogen-bond acceptors (Lipinski definition) is 7. The Hall–Kier alpha value is -2.99. The van der Waals surface area contributed by atoms with E-state index in [2.05, 4.69) is 15.3 Å². The first-order valence-corrected chi connectivity index (χ1v) is 12.1. The number of rotatable bonds is 7. The molecule has 8 nitrogen and oxygen atoms in total. The number of thiazole rings is 1. The van der Waals surface area contributed by atoms with Crippen LogP contribution in [0.5, 0.6) is 0 Å². The Labute approximate surface area is 204 Å². The van der Waals surface area contributed by atoms with Crippen LogP contribution in [-0.2, 0) is 17.5 Å². The summed E-state index contributed by atoms with van der Waals surface area (Å²) in [6.45, 7) is 2.66.